The Hall–Kier alpha value is -1.68. The Morgan fingerprint density at radius 1 is 1.47 bits per heavy atom. The first-order valence-corrected chi connectivity index (χ1v) is 4.69. The highest BCUT2D eigenvalue weighted by molar-refractivity contribution is 5.58. The van der Waals surface area contributed by atoms with Crippen LogP contribution < -0.4 is 5.73 Å². The van der Waals surface area contributed by atoms with Crippen LogP contribution in [0.3, 0.4) is 0 Å². The molecule has 4 heteroatoms. The largest absolute Gasteiger partial charge is 0.336 e. The first-order chi connectivity index (χ1) is 7.20. The molecule has 0 aliphatic rings. The molecule has 0 amide bonds. The minimum atomic E-state index is -0.257. The molecule has 0 saturated carbocycles. The molecule has 1 aromatic heterocycles. The Labute approximate surface area is 87.4 Å². The Bertz CT molecular complexity index is 476. The Morgan fingerprint density at radius 3 is 2.87 bits per heavy atom. The number of benzene rings is 1. The van der Waals surface area contributed by atoms with E-state index in [2.05, 4.69) is 4.98 Å². The van der Waals surface area contributed by atoms with E-state index in [1.54, 1.807) is 6.07 Å². The molecule has 0 aliphatic heterocycles. The fourth-order valence-electron chi connectivity index (χ4n) is 1.48. The van der Waals surface area contributed by atoms with Gasteiger partial charge in [0.1, 0.15) is 11.6 Å². The summed E-state index contributed by atoms with van der Waals surface area (Å²) in [4.78, 5) is 4.31. The number of aryl methyl sites for hydroxylation is 1. The minimum absolute atomic E-state index is 0.257. The van der Waals surface area contributed by atoms with Crippen LogP contribution in [0.2, 0.25) is 0 Å². The molecule has 15 heavy (non-hydrogen) atoms. The predicted molar refractivity (Wildman–Crippen MR) is 56.5 cm³/mol. The molecule has 0 spiro atoms. The number of hydrogen-bond acceptors (Lipinski definition) is 2. The highest BCUT2D eigenvalue weighted by Crippen LogP contribution is 2.18. The molecule has 1 heterocycles. The number of nitrogens with zero attached hydrogens (tertiary/aromatic N) is 2. The van der Waals surface area contributed by atoms with Crippen LogP contribution >= 0.6 is 0 Å². The summed E-state index contributed by atoms with van der Waals surface area (Å²) in [5, 5.41) is 0. The maximum atomic E-state index is 13.0. The Balaban J connectivity index is 2.45. The zero-order valence-electron chi connectivity index (χ0n) is 8.44. The zero-order chi connectivity index (χ0) is 10.8. The lowest BCUT2D eigenvalue weighted by molar-refractivity contribution is 0.628. The van der Waals surface area contributed by atoms with Gasteiger partial charge in [0.25, 0.3) is 0 Å². The fourth-order valence-corrected chi connectivity index (χ4v) is 1.48. The number of imidazole rings is 1. The molecule has 0 fully saturated rings. The number of aromatic nitrogens is 2. The van der Waals surface area contributed by atoms with Crippen LogP contribution in [0.4, 0.5) is 4.39 Å². The third-order valence-electron chi connectivity index (χ3n) is 2.28. The van der Waals surface area contributed by atoms with Crippen LogP contribution in [0, 0.1) is 5.82 Å². The van der Waals surface area contributed by atoms with Crippen molar-refractivity contribution in [3.8, 4) is 11.3 Å². The van der Waals surface area contributed by atoms with E-state index in [4.69, 9.17) is 5.73 Å². The molecule has 2 aromatic rings. The van der Waals surface area contributed by atoms with Crippen molar-refractivity contribution in [2.24, 2.45) is 12.8 Å². The van der Waals surface area contributed by atoms with E-state index >= 15 is 0 Å². The monoisotopic (exact) mass is 205 g/mol. The number of nitrogens with two attached hydrogens (primary N) is 1. The second-order valence-electron chi connectivity index (χ2n) is 3.37. The number of hydrogen-bond donors (Lipinski definition) is 1. The predicted octanol–water partition coefficient (Wildman–Crippen LogP) is 1.68. The van der Waals surface area contributed by atoms with Crippen molar-refractivity contribution in [1.82, 2.24) is 9.55 Å². The van der Waals surface area contributed by atoms with Crippen LogP contribution in [0.25, 0.3) is 11.3 Å². The van der Waals surface area contributed by atoms with Gasteiger partial charge in [0.05, 0.1) is 12.2 Å². The van der Waals surface area contributed by atoms with Gasteiger partial charge < -0.3 is 10.3 Å². The third kappa shape index (κ3) is 1.89. The van der Waals surface area contributed by atoms with Crippen LogP contribution in [-0.2, 0) is 13.6 Å². The van der Waals surface area contributed by atoms with E-state index in [0.29, 0.717) is 6.54 Å². The summed E-state index contributed by atoms with van der Waals surface area (Å²) >= 11 is 0. The highest BCUT2D eigenvalue weighted by Gasteiger charge is 2.06. The maximum Gasteiger partial charge on any atom is 0.123 e. The third-order valence-corrected chi connectivity index (χ3v) is 2.28. The van der Waals surface area contributed by atoms with Crippen molar-refractivity contribution in [2.75, 3.05) is 0 Å². The van der Waals surface area contributed by atoms with Crippen molar-refractivity contribution >= 4 is 0 Å². The van der Waals surface area contributed by atoms with E-state index in [9.17, 15) is 4.39 Å². The van der Waals surface area contributed by atoms with E-state index in [1.165, 1.54) is 12.1 Å². The summed E-state index contributed by atoms with van der Waals surface area (Å²) in [6, 6.07) is 6.37. The molecule has 3 nitrogen and oxygen atoms in total. The molecule has 0 atom stereocenters. The summed E-state index contributed by atoms with van der Waals surface area (Å²) in [7, 11) is 1.87. The van der Waals surface area contributed by atoms with Gasteiger partial charge in [-0.2, -0.15) is 0 Å². The summed E-state index contributed by atoms with van der Waals surface area (Å²) in [5.41, 5.74) is 7.03. The Morgan fingerprint density at radius 2 is 2.27 bits per heavy atom. The smallest absolute Gasteiger partial charge is 0.123 e. The Kier molecular flexibility index (Phi) is 2.51. The first-order valence-electron chi connectivity index (χ1n) is 4.69. The lowest BCUT2D eigenvalue weighted by Gasteiger charge is -1.95. The standard InChI is InChI=1S/C11H12FN3/c1-15-7-10(14-11(15)6-13)8-3-2-4-9(12)5-8/h2-5,7H,6,13H2,1H3. The maximum absolute atomic E-state index is 13.0. The van der Waals surface area contributed by atoms with Crippen molar-refractivity contribution in [1.29, 1.82) is 0 Å². The summed E-state index contributed by atoms with van der Waals surface area (Å²) < 4.78 is 14.8. The zero-order valence-corrected chi connectivity index (χ0v) is 8.44. The van der Waals surface area contributed by atoms with E-state index < -0.39 is 0 Å². The van der Waals surface area contributed by atoms with E-state index in [1.807, 2.05) is 23.9 Å². The molecule has 2 rings (SSSR count). The molecule has 0 unspecified atom stereocenters. The van der Waals surface area contributed by atoms with Crippen LogP contribution in [0.15, 0.2) is 30.5 Å². The molecule has 78 valence electrons. The fraction of sp³-hybridized carbons (Fsp3) is 0.182. The first kappa shape index (κ1) is 9.86. The van der Waals surface area contributed by atoms with Gasteiger partial charge in [-0.05, 0) is 12.1 Å². The quantitative estimate of drug-likeness (QED) is 0.810. The van der Waals surface area contributed by atoms with Gasteiger partial charge in [0, 0.05) is 18.8 Å². The summed E-state index contributed by atoms with van der Waals surface area (Å²) in [5.74, 6) is 0.529. The lowest BCUT2D eigenvalue weighted by atomic mass is 10.2. The molecular formula is C11H12FN3. The van der Waals surface area contributed by atoms with Crippen molar-refractivity contribution < 1.29 is 4.39 Å². The normalized spacial score (nSPS) is 10.6. The van der Waals surface area contributed by atoms with Crippen LogP contribution in [0.1, 0.15) is 5.82 Å². The summed E-state index contributed by atoms with van der Waals surface area (Å²) in [6.45, 7) is 0.381. The van der Waals surface area contributed by atoms with E-state index in [0.717, 1.165) is 17.1 Å². The van der Waals surface area contributed by atoms with Gasteiger partial charge in [0.15, 0.2) is 0 Å². The molecule has 1 aromatic carbocycles. The second kappa shape index (κ2) is 3.82. The molecule has 0 radical (unpaired) electrons. The van der Waals surface area contributed by atoms with Gasteiger partial charge in [-0.25, -0.2) is 9.37 Å². The van der Waals surface area contributed by atoms with Gasteiger partial charge in [-0.3, -0.25) is 0 Å². The molecule has 0 saturated heterocycles. The van der Waals surface area contributed by atoms with Gasteiger partial charge in [0.2, 0.25) is 0 Å². The van der Waals surface area contributed by atoms with Gasteiger partial charge >= 0.3 is 0 Å². The van der Waals surface area contributed by atoms with Crippen molar-refractivity contribution in [3.63, 3.8) is 0 Å². The second-order valence-corrected chi connectivity index (χ2v) is 3.37. The van der Waals surface area contributed by atoms with Crippen molar-refractivity contribution in [3.05, 3.63) is 42.1 Å². The SMILES string of the molecule is Cn1cc(-c2cccc(F)c2)nc1CN. The number of rotatable bonds is 2. The molecular weight excluding hydrogens is 193 g/mol. The highest BCUT2D eigenvalue weighted by atomic mass is 19.1. The van der Waals surface area contributed by atoms with Gasteiger partial charge in [-0.15, -0.1) is 0 Å². The number of halogens is 1. The average Bonchev–Trinajstić information content (AvgIpc) is 2.60. The topological polar surface area (TPSA) is 43.8 Å². The lowest BCUT2D eigenvalue weighted by Crippen LogP contribution is -2.03. The minimum Gasteiger partial charge on any atom is -0.336 e. The van der Waals surface area contributed by atoms with Crippen molar-refractivity contribution in [2.45, 2.75) is 6.54 Å². The van der Waals surface area contributed by atoms with Crippen LogP contribution in [-0.4, -0.2) is 9.55 Å². The van der Waals surface area contributed by atoms with Gasteiger partial charge in [-0.1, -0.05) is 12.1 Å². The molecule has 0 bridgehead atoms. The molecule has 0 aliphatic carbocycles. The average molecular weight is 205 g/mol. The summed E-state index contributed by atoms with van der Waals surface area (Å²) in [6.07, 6.45) is 1.84. The van der Waals surface area contributed by atoms with Crippen LogP contribution in [0.5, 0.6) is 0 Å². The van der Waals surface area contributed by atoms with E-state index in [-0.39, 0.29) is 5.82 Å². The molecule has 2 N–H and O–H groups in total.